The Morgan fingerprint density at radius 2 is 0.500 bits per heavy atom. The minimum atomic E-state index is 0.689. The maximum absolute atomic E-state index is 6.15. The number of H-pyrrole nitrogens is 2. The van der Waals surface area contributed by atoms with E-state index in [9.17, 15) is 0 Å². The van der Waals surface area contributed by atoms with Crippen molar-refractivity contribution in [2.45, 2.75) is 0 Å². The number of hydrogen-bond acceptors (Lipinski definition) is 6. The lowest BCUT2D eigenvalue weighted by Gasteiger charge is -2.07. The van der Waals surface area contributed by atoms with Crippen molar-refractivity contribution in [3.05, 3.63) is 144 Å². The van der Waals surface area contributed by atoms with Crippen LogP contribution >= 0.6 is 0 Å². The third-order valence-corrected chi connectivity index (χ3v) is 9.55. The topological polar surface area (TPSA) is 161 Å². The quantitative estimate of drug-likeness (QED) is 0.102. The van der Waals surface area contributed by atoms with Gasteiger partial charge in [0.25, 0.3) is 0 Å². The molecule has 0 spiro atoms. The molecule has 0 saturated carbocycles. The zero-order valence-electron chi connectivity index (χ0n) is 28.1. The minimum Gasteiger partial charge on any atom is -0.399 e. The van der Waals surface area contributed by atoms with Crippen LogP contribution in [0.25, 0.3) is 90.9 Å². The number of benzene rings is 4. The van der Waals surface area contributed by atoms with Crippen LogP contribution in [0.15, 0.2) is 121 Å². The molecular formula is C44H34N8. The van der Waals surface area contributed by atoms with Gasteiger partial charge >= 0.3 is 0 Å². The molecule has 5 heterocycles. The summed E-state index contributed by atoms with van der Waals surface area (Å²) in [6.07, 6.45) is 8.29. The molecule has 0 saturated heterocycles. The fourth-order valence-electron chi connectivity index (χ4n) is 7.02. The molecule has 8 bridgehead atoms. The average Bonchev–Trinajstić information content (AvgIpc) is 3.99. The second kappa shape index (κ2) is 12.2. The maximum Gasteiger partial charge on any atom is 0.0737 e. The van der Waals surface area contributed by atoms with Gasteiger partial charge in [-0.3, -0.25) is 0 Å². The molecule has 4 aromatic carbocycles. The van der Waals surface area contributed by atoms with E-state index in [-0.39, 0.29) is 0 Å². The molecule has 250 valence electrons. The van der Waals surface area contributed by atoms with Crippen molar-refractivity contribution < 1.29 is 0 Å². The third-order valence-electron chi connectivity index (χ3n) is 9.55. The number of hydrogen-bond donors (Lipinski definition) is 6. The molecule has 0 radical (unpaired) electrons. The van der Waals surface area contributed by atoms with Gasteiger partial charge in [-0.1, -0.05) is 48.5 Å². The SMILES string of the molecule is Nc1ccc(-c2c3nc(c(-c4ccc(N)cc4)c4ccc([nH]4)c(-c4ccc(N)cc4)c4nc(c(-c5ccc(N)cc5)c5ccc2[nH]5)C=C4)C=C3)cc1. The summed E-state index contributed by atoms with van der Waals surface area (Å²) in [6.45, 7) is 0. The Morgan fingerprint density at radius 1 is 0.288 bits per heavy atom. The molecule has 8 nitrogen and oxygen atoms in total. The van der Waals surface area contributed by atoms with Crippen molar-refractivity contribution in [3.8, 4) is 44.5 Å². The molecule has 2 aliphatic heterocycles. The monoisotopic (exact) mass is 674 g/mol. The van der Waals surface area contributed by atoms with Gasteiger partial charge in [-0.2, -0.15) is 0 Å². The van der Waals surface area contributed by atoms with Crippen molar-refractivity contribution in [2.24, 2.45) is 0 Å². The number of fused-ring (bicyclic) bond motifs is 8. The summed E-state index contributed by atoms with van der Waals surface area (Å²) >= 11 is 0. The van der Waals surface area contributed by atoms with E-state index < -0.39 is 0 Å². The molecule has 52 heavy (non-hydrogen) atoms. The van der Waals surface area contributed by atoms with Gasteiger partial charge in [0.15, 0.2) is 0 Å². The number of nitrogens with zero attached hydrogens (tertiary/aromatic N) is 2. The number of nitrogen functional groups attached to an aromatic ring is 4. The van der Waals surface area contributed by atoms with E-state index in [1.54, 1.807) is 0 Å². The predicted octanol–water partition coefficient (Wildman–Crippen LogP) is 9.65. The van der Waals surface area contributed by atoms with E-state index in [4.69, 9.17) is 32.9 Å². The fraction of sp³-hybridized carbons (Fsp3) is 0. The number of nitrogens with two attached hydrogens (primary N) is 4. The Kier molecular flexibility index (Phi) is 7.22. The van der Waals surface area contributed by atoms with Gasteiger partial charge < -0.3 is 32.9 Å². The first-order valence-corrected chi connectivity index (χ1v) is 17.0. The normalized spacial score (nSPS) is 12.0. The molecule has 9 rings (SSSR count). The van der Waals surface area contributed by atoms with Crippen LogP contribution in [0.3, 0.4) is 0 Å². The highest BCUT2D eigenvalue weighted by molar-refractivity contribution is 6.00. The molecule has 0 atom stereocenters. The Labute approximate surface area is 299 Å². The van der Waals surface area contributed by atoms with Crippen molar-refractivity contribution in [1.82, 2.24) is 19.9 Å². The van der Waals surface area contributed by atoms with Gasteiger partial charge in [0.2, 0.25) is 0 Å². The van der Waals surface area contributed by atoms with Gasteiger partial charge in [-0.25, -0.2) is 9.97 Å². The van der Waals surface area contributed by atoms with Gasteiger partial charge in [0.05, 0.1) is 22.8 Å². The van der Waals surface area contributed by atoms with Gasteiger partial charge in [-0.05, 0) is 119 Å². The zero-order valence-corrected chi connectivity index (χ0v) is 28.1. The number of aromatic nitrogens is 4. The van der Waals surface area contributed by atoms with Crippen LogP contribution in [0.4, 0.5) is 22.7 Å². The molecule has 10 N–H and O–H groups in total. The standard InChI is InChI=1S/C44H34N8/c45-29-9-1-25(2-10-29)41-33-17-19-35(49-33)42(26-3-11-30(46)12-4-26)37-21-23-39(51-37)44(28-7-15-32(48)16-8-28)40-24-22-38(52-40)43(36-20-18-34(41)50-36)27-5-13-31(47)14-6-27/h1-24,49,52H,45-48H2. The van der Waals surface area contributed by atoms with E-state index in [0.717, 1.165) is 89.4 Å². The minimum absolute atomic E-state index is 0.689. The molecule has 7 aromatic rings. The number of aromatic amines is 2. The van der Waals surface area contributed by atoms with Crippen LogP contribution in [0.5, 0.6) is 0 Å². The van der Waals surface area contributed by atoms with Gasteiger partial charge in [0, 0.05) is 67.1 Å². The summed E-state index contributed by atoms with van der Waals surface area (Å²) in [6, 6.07) is 40.0. The lowest BCUT2D eigenvalue weighted by atomic mass is 10.0. The van der Waals surface area contributed by atoms with Crippen molar-refractivity contribution in [2.75, 3.05) is 22.9 Å². The van der Waals surface area contributed by atoms with E-state index in [1.807, 2.05) is 97.1 Å². The van der Waals surface area contributed by atoms with Gasteiger partial charge in [0.1, 0.15) is 0 Å². The van der Waals surface area contributed by atoms with Crippen LogP contribution in [0.2, 0.25) is 0 Å². The summed E-state index contributed by atoms with van der Waals surface area (Å²) in [5.41, 5.74) is 41.9. The summed E-state index contributed by atoms with van der Waals surface area (Å²) in [7, 11) is 0. The van der Waals surface area contributed by atoms with Crippen LogP contribution in [0.1, 0.15) is 22.8 Å². The molecule has 8 heteroatoms. The summed E-state index contributed by atoms with van der Waals surface area (Å²) in [4.78, 5) is 18.2. The maximum atomic E-state index is 6.15. The summed E-state index contributed by atoms with van der Waals surface area (Å²) < 4.78 is 0. The molecule has 0 amide bonds. The van der Waals surface area contributed by atoms with E-state index >= 15 is 0 Å². The second-order valence-corrected chi connectivity index (χ2v) is 13.0. The van der Waals surface area contributed by atoms with Crippen molar-refractivity contribution >= 4 is 69.1 Å². The van der Waals surface area contributed by atoms with E-state index in [2.05, 4.69) is 58.5 Å². The van der Waals surface area contributed by atoms with Crippen molar-refractivity contribution in [1.29, 1.82) is 0 Å². The van der Waals surface area contributed by atoms with Crippen LogP contribution in [-0.2, 0) is 0 Å². The first-order chi connectivity index (χ1) is 25.4. The largest absolute Gasteiger partial charge is 0.399 e. The second-order valence-electron chi connectivity index (χ2n) is 13.0. The Morgan fingerprint density at radius 3 is 0.712 bits per heavy atom. The zero-order chi connectivity index (χ0) is 35.3. The molecule has 0 unspecified atom stereocenters. The molecule has 2 aliphatic rings. The lowest BCUT2D eigenvalue weighted by molar-refractivity contribution is 1.31. The Balaban J connectivity index is 1.47. The third kappa shape index (κ3) is 5.45. The van der Waals surface area contributed by atoms with Crippen LogP contribution in [-0.4, -0.2) is 19.9 Å². The molecule has 3 aromatic heterocycles. The molecular weight excluding hydrogens is 641 g/mol. The number of anilines is 4. The summed E-state index contributed by atoms with van der Waals surface area (Å²) in [5, 5.41) is 0. The summed E-state index contributed by atoms with van der Waals surface area (Å²) in [5.74, 6) is 0. The fourth-order valence-corrected chi connectivity index (χ4v) is 7.02. The van der Waals surface area contributed by atoms with Crippen LogP contribution in [0, 0.1) is 0 Å². The Hall–Kier alpha value is -7.32. The highest BCUT2D eigenvalue weighted by Crippen LogP contribution is 2.38. The first kappa shape index (κ1) is 30.7. The van der Waals surface area contributed by atoms with Crippen molar-refractivity contribution in [3.63, 3.8) is 0 Å². The first-order valence-electron chi connectivity index (χ1n) is 17.0. The smallest absolute Gasteiger partial charge is 0.0737 e. The highest BCUT2D eigenvalue weighted by atomic mass is 14.8. The average molecular weight is 675 g/mol. The van der Waals surface area contributed by atoms with E-state index in [0.29, 0.717) is 22.7 Å². The Bertz CT molecular complexity index is 2360. The molecule has 0 aliphatic carbocycles. The van der Waals surface area contributed by atoms with E-state index in [1.165, 1.54) is 0 Å². The number of nitrogens with one attached hydrogen (secondary N) is 2. The predicted molar refractivity (Wildman–Crippen MR) is 218 cm³/mol. The highest BCUT2D eigenvalue weighted by Gasteiger charge is 2.19. The molecule has 0 fully saturated rings. The number of rotatable bonds is 4. The lowest BCUT2D eigenvalue weighted by Crippen LogP contribution is -1.91. The van der Waals surface area contributed by atoms with Crippen LogP contribution < -0.4 is 22.9 Å². The van der Waals surface area contributed by atoms with Gasteiger partial charge in [-0.15, -0.1) is 0 Å².